The minimum absolute atomic E-state index is 0.0746. The second-order valence-corrected chi connectivity index (χ2v) is 8.02. The van der Waals surface area contributed by atoms with Crippen LogP contribution in [0.1, 0.15) is 29.3 Å². The van der Waals surface area contributed by atoms with Gasteiger partial charge in [0.05, 0.1) is 22.0 Å². The van der Waals surface area contributed by atoms with Crippen molar-refractivity contribution in [3.05, 3.63) is 50.2 Å². The molecule has 3 heterocycles. The van der Waals surface area contributed by atoms with Crippen molar-refractivity contribution in [2.24, 2.45) is 0 Å². The predicted octanol–water partition coefficient (Wildman–Crippen LogP) is 0.690. The Labute approximate surface area is 192 Å². The van der Waals surface area contributed by atoms with Gasteiger partial charge in [-0.15, -0.1) is 0 Å². The first-order valence-electron chi connectivity index (χ1n) is 9.84. The Morgan fingerprint density at radius 1 is 1.16 bits per heavy atom. The molecule has 13 heteroatoms. The largest absolute Gasteiger partial charge is 0.382 e. The Bertz CT molecular complexity index is 1260. The van der Waals surface area contributed by atoms with Crippen LogP contribution < -0.4 is 32.7 Å². The molecular weight excluding hydrogens is 457 g/mol. The summed E-state index contributed by atoms with van der Waals surface area (Å²) in [6.45, 7) is 4.26. The van der Waals surface area contributed by atoms with Gasteiger partial charge in [-0.25, -0.2) is 19.6 Å². The van der Waals surface area contributed by atoms with Crippen molar-refractivity contribution >= 4 is 51.6 Å². The van der Waals surface area contributed by atoms with Gasteiger partial charge < -0.3 is 27.1 Å². The standard InChI is InChI=1S/C19H21Cl2N9O2/c1-9(25-18(31)13-15(22)28-16(23)14(21)27-13)17-26-11-4-2-3-10(20)12(11)19(32)30(17)29-7-5-24-6-8-29/h2-4,9,24H,5-8H2,1H3,(H,25,31)(H4,22,23,28). The average molecular weight is 478 g/mol. The maximum Gasteiger partial charge on any atom is 0.281 e. The van der Waals surface area contributed by atoms with Gasteiger partial charge in [0.15, 0.2) is 28.3 Å². The number of nitrogens with zero attached hydrogens (tertiary/aromatic N) is 5. The molecule has 4 rings (SSSR count). The molecule has 1 amide bonds. The third-order valence-electron chi connectivity index (χ3n) is 5.08. The van der Waals surface area contributed by atoms with E-state index in [-0.39, 0.29) is 28.0 Å². The number of anilines is 2. The summed E-state index contributed by atoms with van der Waals surface area (Å²) >= 11 is 12.2. The molecule has 168 valence electrons. The number of piperazine rings is 1. The number of hydrogen-bond donors (Lipinski definition) is 4. The highest BCUT2D eigenvalue weighted by Crippen LogP contribution is 2.22. The van der Waals surface area contributed by atoms with E-state index in [9.17, 15) is 9.59 Å². The van der Waals surface area contributed by atoms with Gasteiger partial charge in [0.1, 0.15) is 0 Å². The van der Waals surface area contributed by atoms with Crippen LogP contribution >= 0.6 is 23.2 Å². The molecule has 0 bridgehead atoms. The summed E-state index contributed by atoms with van der Waals surface area (Å²) in [5.41, 5.74) is 11.3. The zero-order valence-electron chi connectivity index (χ0n) is 17.1. The molecule has 1 aromatic carbocycles. The van der Waals surface area contributed by atoms with Gasteiger partial charge in [0.2, 0.25) is 0 Å². The first kappa shape index (κ1) is 22.1. The molecule has 0 aliphatic carbocycles. The maximum absolute atomic E-state index is 13.5. The number of nitrogens with one attached hydrogen (secondary N) is 2. The Kier molecular flexibility index (Phi) is 6.04. The molecule has 6 N–H and O–H groups in total. The number of amides is 1. The number of hydrogen-bond acceptors (Lipinski definition) is 9. The van der Waals surface area contributed by atoms with E-state index in [0.717, 1.165) is 0 Å². The van der Waals surface area contributed by atoms with Crippen LogP contribution in [0.5, 0.6) is 0 Å². The average Bonchev–Trinajstić information content (AvgIpc) is 2.76. The number of nitrogens with two attached hydrogens (primary N) is 2. The van der Waals surface area contributed by atoms with E-state index < -0.39 is 11.9 Å². The van der Waals surface area contributed by atoms with Crippen LogP contribution in [-0.2, 0) is 0 Å². The molecule has 1 unspecified atom stereocenters. The van der Waals surface area contributed by atoms with Crippen LogP contribution in [0.3, 0.4) is 0 Å². The highest BCUT2D eigenvalue weighted by Gasteiger charge is 2.25. The molecule has 0 saturated carbocycles. The Hall–Kier alpha value is -3.15. The molecule has 3 aromatic rings. The van der Waals surface area contributed by atoms with E-state index in [1.54, 1.807) is 25.1 Å². The molecule has 0 radical (unpaired) electrons. The van der Waals surface area contributed by atoms with Gasteiger partial charge in [0.25, 0.3) is 11.5 Å². The zero-order chi connectivity index (χ0) is 23.0. The number of carbonyl (C=O) groups is 1. The summed E-state index contributed by atoms with van der Waals surface area (Å²) in [4.78, 5) is 38.7. The third kappa shape index (κ3) is 4.01. The van der Waals surface area contributed by atoms with Crippen molar-refractivity contribution in [1.82, 2.24) is 30.3 Å². The van der Waals surface area contributed by atoms with Gasteiger partial charge in [0, 0.05) is 26.2 Å². The summed E-state index contributed by atoms with van der Waals surface area (Å²) in [5.74, 6) is -0.520. The first-order valence-corrected chi connectivity index (χ1v) is 10.6. The molecule has 2 aromatic heterocycles. The monoisotopic (exact) mass is 477 g/mol. The van der Waals surface area contributed by atoms with Gasteiger partial charge >= 0.3 is 0 Å². The Balaban J connectivity index is 1.78. The number of rotatable bonds is 4. The summed E-state index contributed by atoms with van der Waals surface area (Å²) in [6, 6.07) is 4.37. The number of carbonyl (C=O) groups excluding carboxylic acids is 1. The van der Waals surface area contributed by atoms with Crippen LogP contribution in [-0.4, -0.2) is 51.7 Å². The molecule has 1 aliphatic heterocycles. The fraction of sp³-hybridized carbons (Fsp3) is 0.316. The fourth-order valence-electron chi connectivity index (χ4n) is 3.54. The maximum atomic E-state index is 13.5. The van der Waals surface area contributed by atoms with E-state index in [4.69, 9.17) is 34.7 Å². The van der Waals surface area contributed by atoms with Crippen LogP contribution in [0, 0.1) is 0 Å². The van der Waals surface area contributed by atoms with Crippen molar-refractivity contribution < 1.29 is 4.79 Å². The number of aromatic nitrogens is 4. The number of fused-ring (bicyclic) bond motifs is 1. The van der Waals surface area contributed by atoms with Gasteiger partial charge in [-0.3, -0.25) is 9.59 Å². The quantitative estimate of drug-likeness (QED) is 0.424. The van der Waals surface area contributed by atoms with E-state index >= 15 is 0 Å². The summed E-state index contributed by atoms with van der Waals surface area (Å²) in [7, 11) is 0. The van der Waals surface area contributed by atoms with E-state index in [1.165, 1.54) is 4.68 Å². The number of benzene rings is 1. The second-order valence-electron chi connectivity index (χ2n) is 7.25. The van der Waals surface area contributed by atoms with Gasteiger partial charge in [-0.1, -0.05) is 29.3 Å². The topological polar surface area (TPSA) is 157 Å². The number of nitrogen functional groups attached to an aromatic ring is 2. The smallest absolute Gasteiger partial charge is 0.281 e. The molecule has 1 saturated heterocycles. The Morgan fingerprint density at radius 2 is 1.88 bits per heavy atom. The van der Waals surface area contributed by atoms with Crippen molar-refractivity contribution in [2.75, 3.05) is 42.7 Å². The van der Waals surface area contributed by atoms with Crippen molar-refractivity contribution in [3.63, 3.8) is 0 Å². The second kappa shape index (κ2) is 8.77. The molecule has 1 fully saturated rings. The minimum Gasteiger partial charge on any atom is -0.382 e. The lowest BCUT2D eigenvalue weighted by molar-refractivity contribution is 0.0933. The molecule has 1 aliphatic rings. The van der Waals surface area contributed by atoms with Crippen LogP contribution in [0.15, 0.2) is 23.0 Å². The lowest BCUT2D eigenvalue weighted by atomic mass is 10.2. The summed E-state index contributed by atoms with van der Waals surface area (Å²) in [6.07, 6.45) is 0. The van der Waals surface area contributed by atoms with Gasteiger partial charge in [-0.2, -0.15) is 0 Å². The highest BCUT2D eigenvalue weighted by atomic mass is 35.5. The summed E-state index contributed by atoms with van der Waals surface area (Å²) in [5, 5.41) is 8.38. The number of halogens is 2. The molecular formula is C19H21Cl2N9O2. The molecule has 11 nitrogen and oxygen atoms in total. The van der Waals surface area contributed by atoms with Crippen molar-refractivity contribution in [3.8, 4) is 0 Å². The van der Waals surface area contributed by atoms with E-state index in [2.05, 4.69) is 25.6 Å². The summed E-state index contributed by atoms with van der Waals surface area (Å²) < 4.78 is 1.48. The van der Waals surface area contributed by atoms with E-state index in [1.807, 2.05) is 5.01 Å². The minimum atomic E-state index is -0.689. The fourth-order valence-corrected chi connectivity index (χ4v) is 3.92. The zero-order valence-corrected chi connectivity index (χ0v) is 18.6. The first-order chi connectivity index (χ1) is 15.3. The molecule has 1 atom stereocenters. The normalized spacial score (nSPS) is 15.0. The molecule has 32 heavy (non-hydrogen) atoms. The van der Waals surface area contributed by atoms with E-state index in [0.29, 0.717) is 47.9 Å². The van der Waals surface area contributed by atoms with Gasteiger partial charge in [-0.05, 0) is 19.1 Å². The lowest BCUT2D eigenvalue weighted by Gasteiger charge is -2.33. The third-order valence-corrected chi connectivity index (χ3v) is 5.67. The van der Waals surface area contributed by atoms with Crippen LogP contribution in [0.4, 0.5) is 11.6 Å². The highest BCUT2D eigenvalue weighted by molar-refractivity contribution is 6.35. The predicted molar refractivity (Wildman–Crippen MR) is 124 cm³/mol. The lowest BCUT2D eigenvalue weighted by Crippen LogP contribution is -2.54. The molecule has 0 spiro atoms. The van der Waals surface area contributed by atoms with Crippen molar-refractivity contribution in [2.45, 2.75) is 13.0 Å². The van der Waals surface area contributed by atoms with Crippen LogP contribution in [0.2, 0.25) is 10.2 Å². The van der Waals surface area contributed by atoms with Crippen LogP contribution in [0.25, 0.3) is 10.9 Å². The SMILES string of the molecule is CC(NC(=O)c1nc(Cl)c(N)nc1N)c1nc2cccc(Cl)c2c(=O)n1N1CCNCC1. The Morgan fingerprint density at radius 3 is 2.59 bits per heavy atom. The van der Waals surface area contributed by atoms with Crippen molar-refractivity contribution in [1.29, 1.82) is 0 Å².